The standard InChI is InChI=1S/C10H21NO2/c1-3-10(4-2,8-12)11-9-5-6-13-7-9/h9,11-12H,3-8H2,1-2H3. The van der Waals surface area contributed by atoms with E-state index in [4.69, 9.17) is 4.74 Å². The lowest BCUT2D eigenvalue weighted by atomic mass is 9.92. The van der Waals surface area contributed by atoms with E-state index < -0.39 is 0 Å². The zero-order valence-electron chi connectivity index (χ0n) is 8.68. The Morgan fingerprint density at radius 2 is 2.15 bits per heavy atom. The minimum atomic E-state index is -0.0850. The normalized spacial score (nSPS) is 23.8. The molecule has 0 amide bonds. The summed E-state index contributed by atoms with van der Waals surface area (Å²) in [5.74, 6) is 0. The van der Waals surface area contributed by atoms with Gasteiger partial charge in [0.15, 0.2) is 0 Å². The lowest BCUT2D eigenvalue weighted by molar-refractivity contribution is 0.128. The largest absolute Gasteiger partial charge is 0.394 e. The zero-order valence-corrected chi connectivity index (χ0v) is 8.68. The molecular weight excluding hydrogens is 166 g/mol. The summed E-state index contributed by atoms with van der Waals surface area (Å²) in [6, 6.07) is 0.437. The van der Waals surface area contributed by atoms with Crippen LogP contribution in [0, 0.1) is 0 Å². The predicted molar refractivity (Wildman–Crippen MR) is 52.8 cm³/mol. The lowest BCUT2D eigenvalue weighted by Gasteiger charge is -2.33. The maximum atomic E-state index is 9.33. The summed E-state index contributed by atoms with van der Waals surface area (Å²) in [5.41, 5.74) is -0.0850. The van der Waals surface area contributed by atoms with E-state index in [1.165, 1.54) is 0 Å². The Morgan fingerprint density at radius 3 is 2.54 bits per heavy atom. The van der Waals surface area contributed by atoms with Gasteiger partial charge in [-0.3, -0.25) is 0 Å². The molecule has 0 saturated carbocycles. The molecular formula is C10H21NO2. The number of aliphatic hydroxyl groups is 1. The van der Waals surface area contributed by atoms with Crippen LogP contribution in [0.5, 0.6) is 0 Å². The first-order chi connectivity index (χ1) is 6.26. The smallest absolute Gasteiger partial charge is 0.0620 e. The maximum absolute atomic E-state index is 9.33. The van der Waals surface area contributed by atoms with Crippen LogP contribution in [0.4, 0.5) is 0 Å². The van der Waals surface area contributed by atoms with Gasteiger partial charge in [0.05, 0.1) is 13.2 Å². The molecule has 1 saturated heterocycles. The van der Waals surface area contributed by atoms with Gasteiger partial charge in [-0.2, -0.15) is 0 Å². The van der Waals surface area contributed by atoms with Gasteiger partial charge in [0.1, 0.15) is 0 Å². The van der Waals surface area contributed by atoms with Crippen molar-refractivity contribution in [3.63, 3.8) is 0 Å². The number of aliphatic hydroxyl groups excluding tert-OH is 1. The van der Waals surface area contributed by atoms with Crippen molar-refractivity contribution in [2.45, 2.75) is 44.7 Å². The van der Waals surface area contributed by atoms with Crippen LogP contribution in [0.15, 0.2) is 0 Å². The Balaban J connectivity index is 2.44. The second kappa shape index (κ2) is 4.94. The van der Waals surface area contributed by atoms with Gasteiger partial charge in [0, 0.05) is 18.2 Å². The quantitative estimate of drug-likeness (QED) is 0.672. The SMILES string of the molecule is CCC(CC)(CO)NC1CCOC1. The minimum absolute atomic E-state index is 0.0850. The number of rotatable bonds is 5. The molecule has 2 N–H and O–H groups in total. The van der Waals surface area contributed by atoms with Crippen LogP contribution in [0.3, 0.4) is 0 Å². The van der Waals surface area contributed by atoms with E-state index in [0.717, 1.165) is 32.5 Å². The van der Waals surface area contributed by atoms with Crippen LogP contribution < -0.4 is 5.32 Å². The molecule has 0 aliphatic carbocycles. The van der Waals surface area contributed by atoms with Crippen LogP contribution in [-0.2, 0) is 4.74 Å². The van der Waals surface area contributed by atoms with Crippen molar-refractivity contribution < 1.29 is 9.84 Å². The molecule has 0 aromatic rings. The predicted octanol–water partition coefficient (Wildman–Crippen LogP) is 0.916. The molecule has 1 aliphatic heterocycles. The van der Waals surface area contributed by atoms with E-state index in [0.29, 0.717) is 6.04 Å². The summed E-state index contributed by atoms with van der Waals surface area (Å²) < 4.78 is 5.29. The average molecular weight is 187 g/mol. The van der Waals surface area contributed by atoms with Crippen molar-refractivity contribution >= 4 is 0 Å². The lowest BCUT2D eigenvalue weighted by Crippen LogP contribution is -2.52. The first-order valence-electron chi connectivity index (χ1n) is 5.22. The Bertz CT molecular complexity index is 132. The third-order valence-electron chi connectivity index (χ3n) is 3.10. The third-order valence-corrected chi connectivity index (χ3v) is 3.10. The molecule has 78 valence electrons. The second-order valence-electron chi connectivity index (χ2n) is 3.85. The van der Waals surface area contributed by atoms with Crippen molar-refractivity contribution in [1.29, 1.82) is 0 Å². The third kappa shape index (κ3) is 2.66. The number of hydrogen-bond acceptors (Lipinski definition) is 3. The van der Waals surface area contributed by atoms with E-state index in [1.807, 2.05) is 0 Å². The van der Waals surface area contributed by atoms with Crippen LogP contribution >= 0.6 is 0 Å². The second-order valence-corrected chi connectivity index (χ2v) is 3.85. The molecule has 1 atom stereocenters. The van der Waals surface area contributed by atoms with Gasteiger partial charge in [-0.25, -0.2) is 0 Å². The number of nitrogens with one attached hydrogen (secondary N) is 1. The fourth-order valence-corrected chi connectivity index (χ4v) is 1.80. The Hall–Kier alpha value is -0.120. The highest BCUT2D eigenvalue weighted by molar-refractivity contribution is 4.89. The highest BCUT2D eigenvalue weighted by Crippen LogP contribution is 2.17. The maximum Gasteiger partial charge on any atom is 0.0620 e. The van der Waals surface area contributed by atoms with E-state index in [2.05, 4.69) is 19.2 Å². The van der Waals surface area contributed by atoms with Gasteiger partial charge in [-0.1, -0.05) is 13.8 Å². The average Bonchev–Trinajstić information content (AvgIpc) is 2.67. The molecule has 13 heavy (non-hydrogen) atoms. The molecule has 1 fully saturated rings. The van der Waals surface area contributed by atoms with Crippen molar-refractivity contribution in [3.8, 4) is 0 Å². The first-order valence-corrected chi connectivity index (χ1v) is 5.22. The van der Waals surface area contributed by atoms with Crippen molar-refractivity contribution in [2.24, 2.45) is 0 Å². The molecule has 1 heterocycles. The van der Waals surface area contributed by atoms with Gasteiger partial charge in [-0.05, 0) is 19.3 Å². The van der Waals surface area contributed by atoms with Gasteiger partial charge < -0.3 is 15.2 Å². The van der Waals surface area contributed by atoms with Gasteiger partial charge in [-0.15, -0.1) is 0 Å². The summed E-state index contributed by atoms with van der Waals surface area (Å²) in [6.07, 6.45) is 3.01. The first kappa shape index (κ1) is 11.0. The summed E-state index contributed by atoms with van der Waals surface area (Å²) in [4.78, 5) is 0. The molecule has 1 rings (SSSR count). The van der Waals surface area contributed by atoms with E-state index in [9.17, 15) is 5.11 Å². The molecule has 0 bridgehead atoms. The van der Waals surface area contributed by atoms with Crippen LogP contribution in [-0.4, -0.2) is 36.5 Å². The molecule has 3 nitrogen and oxygen atoms in total. The summed E-state index contributed by atoms with van der Waals surface area (Å²) in [5, 5.41) is 12.8. The Kier molecular flexibility index (Phi) is 4.16. The highest BCUT2D eigenvalue weighted by Gasteiger charge is 2.29. The molecule has 0 aromatic heterocycles. The van der Waals surface area contributed by atoms with E-state index in [-0.39, 0.29) is 12.1 Å². The van der Waals surface area contributed by atoms with Gasteiger partial charge in [0.25, 0.3) is 0 Å². The molecule has 1 unspecified atom stereocenters. The number of ether oxygens (including phenoxy) is 1. The fraction of sp³-hybridized carbons (Fsp3) is 1.00. The minimum Gasteiger partial charge on any atom is -0.394 e. The molecule has 0 spiro atoms. The zero-order chi connectivity index (χ0) is 9.73. The van der Waals surface area contributed by atoms with E-state index in [1.54, 1.807) is 0 Å². The van der Waals surface area contributed by atoms with Crippen LogP contribution in [0.25, 0.3) is 0 Å². The Morgan fingerprint density at radius 1 is 1.46 bits per heavy atom. The molecule has 0 radical (unpaired) electrons. The van der Waals surface area contributed by atoms with Gasteiger partial charge >= 0.3 is 0 Å². The molecule has 0 aromatic carbocycles. The monoisotopic (exact) mass is 187 g/mol. The Labute approximate surface area is 80.5 Å². The fourth-order valence-electron chi connectivity index (χ4n) is 1.80. The summed E-state index contributed by atoms with van der Waals surface area (Å²) in [7, 11) is 0. The van der Waals surface area contributed by atoms with Crippen molar-refractivity contribution in [3.05, 3.63) is 0 Å². The van der Waals surface area contributed by atoms with Gasteiger partial charge in [0.2, 0.25) is 0 Å². The van der Waals surface area contributed by atoms with Crippen LogP contribution in [0.2, 0.25) is 0 Å². The highest BCUT2D eigenvalue weighted by atomic mass is 16.5. The van der Waals surface area contributed by atoms with Crippen molar-refractivity contribution in [2.75, 3.05) is 19.8 Å². The van der Waals surface area contributed by atoms with Crippen molar-refractivity contribution in [1.82, 2.24) is 5.32 Å². The van der Waals surface area contributed by atoms with E-state index >= 15 is 0 Å². The molecule has 1 aliphatic rings. The molecule has 3 heteroatoms. The topological polar surface area (TPSA) is 41.5 Å². The summed E-state index contributed by atoms with van der Waals surface area (Å²) >= 11 is 0. The summed E-state index contributed by atoms with van der Waals surface area (Å²) in [6.45, 7) is 6.09. The van der Waals surface area contributed by atoms with Crippen LogP contribution in [0.1, 0.15) is 33.1 Å². The number of hydrogen-bond donors (Lipinski definition) is 2.